The molecular weight excluding hydrogens is 424 g/mol. The topological polar surface area (TPSA) is 109 Å². The number of hydrogen-bond donors (Lipinski definition) is 3. The molecule has 1 saturated carbocycles. The second-order valence-electron chi connectivity index (χ2n) is 8.31. The van der Waals surface area contributed by atoms with Crippen LogP contribution in [0.1, 0.15) is 19.3 Å². The largest absolute Gasteiger partial charge is 0.380 e. The quantitative estimate of drug-likeness (QED) is 0.584. The summed E-state index contributed by atoms with van der Waals surface area (Å²) in [5.74, 6) is -0.206. The molecule has 3 aliphatic rings. The van der Waals surface area contributed by atoms with E-state index in [-0.39, 0.29) is 36.1 Å². The summed E-state index contributed by atoms with van der Waals surface area (Å²) in [6.07, 6.45) is 2.27. The highest BCUT2D eigenvalue weighted by molar-refractivity contribution is 8.01. The normalized spacial score (nSPS) is 22.4. The third-order valence-electron chi connectivity index (χ3n) is 5.85. The van der Waals surface area contributed by atoms with Crippen LogP contribution in [0.15, 0.2) is 22.5 Å². The zero-order chi connectivity index (χ0) is 20.7. The van der Waals surface area contributed by atoms with Gasteiger partial charge in [-0.1, -0.05) is 11.8 Å². The molecule has 30 heavy (non-hydrogen) atoms. The standard InChI is InChI=1S/C20H22N4O4S2/c25-16-3-11(7-21-16)18(27)23-12-1-2-14-15(4-12)30-19(24-14)29-8-17(26)22-13-5-20(6-13)9-28-10-20/h1-2,4,11,13H,3,5-10H2,(H,21,25)(H,22,26)(H,23,27). The van der Waals surface area contributed by atoms with Crippen LogP contribution in [-0.4, -0.2) is 54.3 Å². The van der Waals surface area contributed by atoms with Crippen LogP contribution in [0.25, 0.3) is 10.2 Å². The van der Waals surface area contributed by atoms with E-state index in [2.05, 4.69) is 20.9 Å². The number of fused-ring (bicyclic) bond motifs is 1. The van der Waals surface area contributed by atoms with E-state index in [4.69, 9.17) is 4.74 Å². The average Bonchev–Trinajstić information content (AvgIpc) is 3.26. The van der Waals surface area contributed by atoms with Gasteiger partial charge in [0.2, 0.25) is 17.7 Å². The van der Waals surface area contributed by atoms with Gasteiger partial charge in [-0.25, -0.2) is 4.98 Å². The number of nitrogens with one attached hydrogen (secondary N) is 3. The highest BCUT2D eigenvalue weighted by Gasteiger charge is 2.50. The number of thioether (sulfide) groups is 1. The van der Waals surface area contributed by atoms with Gasteiger partial charge in [0.15, 0.2) is 4.34 Å². The summed E-state index contributed by atoms with van der Waals surface area (Å²) in [7, 11) is 0. The van der Waals surface area contributed by atoms with Crippen LogP contribution in [0.3, 0.4) is 0 Å². The highest BCUT2D eigenvalue weighted by atomic mass is 32.2. The summed E-state index contributed by atoms with van der Waals surface area (Å²) >= 11 is 2.93. The number of benzene rings is 1. The van der Waals surface area contributed by atoms with Gasteiger partial charge < -0.3 is 20.7 Å². The van der Waals surface area contributed by atoms with Gasteiger partial charge in [0.05, 0.1) is 35.1 Å². The predicted octanol–water partition coefficient (Wildman–Crippen LogP) is 1.76. The minimum Gasteiger partial charge on any atom is -0.380 e. The van der Waals surface area contributed by atoms with Gasteiger partial charge in [-0.3, -0.25) is 14.4 Å². The smallest absolute Gasteiger partial charge is 0.230 e. The van der Waals surface area contributed by atoms with Gasteiger partial charge in [-0.2, -0.15) is 0 Å². The average molecular weight is 447 g/mol. The summed E-state index contributed by atoms with van der Waals surface area (Å²) < 4.78 is 7.04. The van der Waals surface area contributed by atoms with Gasteiger partial charge in [-0.15, -0.1) is 11.3 Å². The van der Waals surface area contributed by atoms with Gasteiger partial charge in [0.25, 0.3) is 0 Å². The fraction of sp³-hybridized carbons (Fsp3) is 0.500. The molecule has 10 heteroatoms. The third kappa shape index (κ3) is 4.03. The van der Waals surface area contributed by atoms with Crippen molar-refractivity contribution in [2.24, 2.45) is 11.3 Å². The first-order chi connectivity index (χ1) is 14.5. The number of rotatable bonds is 6. The summed E-state index contributed by atoms with van der Waals surface area (Å²) in [4.78, 5) is 40.4. The minimum atomic E-state index is -0.332. The predicted molar refractivity (Wildman–Crippen MR) is 115 cm³/mol. The lowest BCUT2D eigenvalue weighted by atomic mass is 9.64. The van der Waals surface area contributed by atoms with Crippen LogP contribution in [0.4, 0.5) is 5.69 Å². The molecule has 3 amide bonds. The molecule has 1 atom stereocenters. The monoisotopic (exact) mass is 446 g/mol. The van der Waals surface area contributed by atoms with Crippen molar-refractivity contribution in [2.75, 3.05) is 30.8 Å². The summed E-state index contributed by atoms with van der Waals surface area (Å²) in [6, 6.07) is 5.82. The number of amides is 3. The lowest BCUT2D eigenvalue weighted by molar-refractivity contribution is -0.169. The fourth-order valence-corrected chi connectivity index (χ4v) is 6.11. The molecule has 1 aromatic heterocycles. The number of carbonyl (C=O) groups excluding carboxylic acids is 3. The van der Waals surface area contributed by atoms with Crippen molar-refractivity contribution < 1.29 is 19.1 Å². The summed E-state index contributed by atoms with van der Waals surface area (Å²) in [5, 5.41) is 8.64. The number of aromatic nitrogens is 1. The van der Waals surface area contributed by atoms with E-state index >= 15 is 0 Å². The van der Waals surface area contributed by atoms with Crippen LogP contribution in [0, 0.1) is 11.3 Å². The molecule has 158 valence electrons. The molecule has 1 unspecified atom stereocenters. The van der Waals surface area contributed by atoms with E-state index < -0.39 is 0 Å². The maximum atomic E-state index is 12.3. The van der Waals surface area contributed by atoms with E-state index in [0.29, 0.717) is 23.4 Å². The van der Waals surface area contributed by atoms with Gasteiger partial charge in [0, 0.05) is 30.1 Å². The Morgan fingerprint density at radius 3 is 2.87 bits per heavy atom. The number of ether oxygens (including phenoxy) is 1. The molecule has 3 heterocycles. The number of hydrogen-bond acceptors (Lipinski definition) is 7. The lowest BCUT2D eigenvalue weighted by Crippen LogP contribution is -2.59. The molecule has 2 saturated heterocycles. The molecule has 0 radical (unpaired) electrons. The van der Waals surface area contributed by atoms with E-state index in [9.17, 15) is 14.4 Å². The van der Waals surface area contributed by atoms with Crippen LogP contribution >= 0.6 is 23.1 Å². The maximum Gasteiger partial charge on any atom is 0.230 e. The van der Waals surface area contributed by atoms with Gasteiger partial charge in [-0.05, 0) is 31.0 Å². The third-order valence-corrected chi connectivity index (χ3v) is 8.01. The molecule has 1 aliphatic carbocycles. The molecule has 1 spiro atoms. The molecule has 0 bridgehead atoms. The van der Waals surface area contributed by atoms with E-state index in [1.807, 2.05) is 18.2 Å². The van der Waals surface area contributed by atoms with E-state index in [1.54, 1.807) is 0 Å². The van der Waals surface area contributed by atoms with Crippen molar-refractivity contribution in [1.82, 2.24) is 15.6 Å². The van der Waals surface area contributed by atoms with Crippen molar-refractivity contribution in [2.45, 2.75) is 29.6 Å². The van der Waals surface area contributed by atoms with Gasteiger partial charge >= 0.3 is 0 Å². The van der Waals surface area contributed by atoms with Crippen LogP contribution < -0.4 is 16.0 Å². The van der Waals surface area contributed by atoms with Gasteiger partial charge in [0.1, 0.15) is 0 Å². The molecule has 3 fully saturated rings. The van der Waals surface area contributed by atoms with Crippen molar-refractivity contribution >= 4 is 56.7 Å². The zero-order valence-electron chi connectivity index (χ0n) is 16.2. The van der Waals surface area contributed by atoms with E-state index in [0.717, 1.165) is 40.6 Å². The lowest BCUT2D eigenvalue weighted by Gasteiger charge is -2.53. The van der Waals surface area contributed by atoms with Crippen molar-refractivity contribution in [1.29, 1.82) is 0 Å². The number of carbonyl (C=O) groups is 3. The minimum absolute atomic E-state index is 0.0343. The maximum absolute atomic E-state index is 12.3. The van der Waals surface area contributed by atoms with Crippen LogP contribution in [-0.2, 0) is 19.1 Å². The zero-order valence-corrected chi connectivity index (χ0v) is 17.9. The van der Waals surface area contributed by atoms with E-state index in [1.165, 1.54) is 23.1 Å². The highest BCUT2D eigenvalue weighted by Crippen LogP contribution is 2.46. The Morgan fingerprint density at radius 2 is 2.17 bits per heavy atom. The number of thiazole rings is 1. The van der Waals surface area contributed by atoms with Crippen LogP contribution in [0.5, 0.6) is 0 Å². The van der Waals surface area contributed by atoms with Crippen molar-refractivity contribution in [3.63, 3.8) is 0 Å². The molecule has 5 rings (SSSR count). The van der Waals surface area contributed by atoms with Crippen LogP contribution in [0.2, 0.25) is 0 Å². The molecule has 2 aliphatic heterocycles. The second kappa shape index (κ2) is 7.82. The molecule has 3 N–H and O–H groups in total. The van der Waals surface area contributed by atoms with Crippen molar-refractivity contribution in [3.8, 4) is 0 Å². The first-order valence-corrected chi connectivity index (χ1v) is 11.8. The Kier molecular flexibility index (Phi) is 5.16. The first kappa shape index (κ1) is 19.8. The molecule has 8 nitrogen and oxygen atoms in total. The fourth-order valence-electron chi connectivity index (χ4n) is 4.19. The number of anilines is 1. The Bertz CT molecular complexity index is 1010. The summed E-state index contributed by atoms with van der Waals surface area (Å²) in [5.41, 5.74) is 1.86. The Hall–Kier alpha value is -2.17. The second-order valence-corrected chi connectivity index (χ2v) is 10.6. The Labute approximate surface area is 181 Å². The van der Waals surface area contributed by atoms with Crippen molar-refractivity contribution in [3.05, 3.63) is 18.2 Å². The SMILES string of the molecule is O=C1CC(C(=O)Nc2ccc3nc(SCC(=O)NC4CC5(COC5)C4)sc3c2)CN1. The molecule has 1 aromatic carbocycles. The molecular formula is C20H22N4O4S2. The Balaban J connectivity index is 1.13. The number of nitrogens with zero attached hydrogens (tertiary/aromatic N) is 1. The summed E-state index contributed by atoms with van der Waals surface area (Å²) in [6.45, 7) is 2.04. The Morgan fingerprint density at radius 1 is 1.33 bits per heavy atom. The molecule has 2 aromatic rings. The first-order valence-electron chi connectivity index (χ1n) is 9.96.